The monoisotopic (exact) mass is 1070 g/mol. The summed E-state index contributed by atoms with van der Waals surface area (Å²) in [6.07, 6.45) is 93.9. The molecule has 0 amide bonds. The molecule has 0 aliphatic heterocycles. The molecule has 0 saturated carbocycles. The number of unbranched alkanes of at least 4 members (excludes halogenated alkanes) is 18. The molecule has 0 radical (unpaired) electrons. The SMILES string of the molecule is CC/C=C\C/C=C\C/C=C\C/C=C\C/C=C\C/C=C\C/C=C\CCCC(=O)OC(COC(=O)CCCCCCC/C=C\CCCCC)COC(=O)CCCCCCCCCCC/C=C\C/C=C\C/C=C\C/C=C\C/C=C\CC. The van der Waals surface area contributed by atoms with Gasteiger partial charge < -0.3 is 14.2 Å². The summed E-state index contributed by atoms with van der Waals surface area (Å²) in [6, 6.07) is 0. The van der Waals surface area contributed by atoms with Crippen molar-refractivity contribution >= 4 is 17.9 Å². The second-order valence-electron chi connectivity index (χ2n) is 20.2. The summed E-state index contributed by atoms with van der Waals surface area (Å²) in [5.41, 5.74) is 0. The van der Waals surface area contributed by atoms with Crippen molar-refractivity contribution in [2.24, 2.45) is 0 Å². The Kier molecular flexibility index (Phi) is 60.4. The Bertz CT molecular complexity index is 1760. The molecule has 0 N–H and O–H groups in total. The van der Waals surface area contributed by atoms with E-state index in [0.29, 0.717) is 19.3 Å². The molecule has 1 unspecified atom stereocenters. The van der Waals surface area contributed by atoms with Crippen LogP contribution in [0.3, 0.4) is 0 Å². The van der Waals surface area contributed by atoms with Gasteiger partial charge >= 0.3 is 17.9 Å². The number of carbonyl (C=O) groups is 3. The van der Waals surface area contributed by atoms with Crippen molar-refractivity contribution in [2.45, 2.75) is 264 Å². The quantitative estimate of drug-likeness (QED) is 0.0261. The van der Waals surface area contributed by atoms with Crippen LogP contribution >= 0.6 is 0 Å². The van der Waals surface area contributed by atoms with Crippen molar-refractivity contribution in [3.05, 3.63) is 158 Å². The fourth-order valence-corrected chi connectivity index (χ4v) is 8.10. The largest absolute Gasteiger partial charge is 0.462 e. The minimum absolute atomic E-state index is 0.113. The second-order valence-corrected chi connectivity index (χ2v) is 20.2. The summed E-state index contributed by atoms with van der Waals surface area (Å²) in [5.74, 6) is -0.992. The summed E-state index contributed by atoms with van der Waals surface area (Å²) in [6.45, 7) is 6.32. The minimum atomic E-state index is -0.823. The smallest absolute Gasteiger partial charge is 0.306 e. The molecule has 0 aromatic carbocycles. The zero-order chi connectivity index (χ0) is 56.4. The van der Waals surface area contributed by atoms with Crippen molar-refractivity contribution < 1.29 is 28.6 Å². The average Bonchev–Trinajstić information content (AvgIpc) is 3.44. The minimum Gasteiger partial charge on any atom is -0.462 e. The maximum absolute atomic E-state index is 12.9. The van der Waals surface area contributed by atoms with E-state index in [1.165, 1.54) is 70.6 Å². The topological polar surface area (TPSA) is 78.9 Å². The molecule has 0 aliphatic carbocycles. The first-order chi connectivity index (χ1) is 38.5. The maximum Gasteiger partial charge on any atom is 0.306 e. The van der Waals surface area contributed by atoms with Crippen LogP contribution in [0.15, 0.2) is 158 Å². The highest BCUT2D eigenvalue weighted by atomic mass is 16.6. The Morgan fingerprint density at radius 2 is 0.513 bits per heavy atom. The third kappa shape index (κ3) is 61.9. The van der Waals surface area contributed by atoms with Gasteiger partial charge in [0.05, 0.1) is 0 Å². The number of carbonyl (C=O) groups excluding carboxylic acids is 3. The van der Waals surface area contributed by atoms with E-state index >= 15 is 0 Å². The predicted molar refractivity (Wildman–Crippen MR) is 338 cm³/mol. The molecule has 0 saturated heterocycles. The Balaban J connectivity index is 4.46. The summed E-state index contributed by atoms with van der Waals surface area (Å²) in [5, 5.41) is 0. The predicted octanol–water partition coefficient (Wildman–Crippen LogP) is 21.7. The van der Waals surface area contributed by atoms with E-state index in [9.17, 15) is 14.4 Å². The second kappa shape index (κ2) is 64.6. The van der Waals surface area contributed by atoms with Crippen molar-refractivity contribution in [1.29, 1.82) is 0 Å². The van der Waals surface area contributed by atoms with Gasteiger partial charge in [-0.15, -0.1) is 0 Å². The Labute approximate surface area is 480 Å². The molecule has 438 valence electrons. The van der Waals surface area contributed by atoms with Crippen LogP contribution in [-0.2, 0) is 28.6 Å². The molecule has 0 spiro atoms. The van der Waals surface area contributed by atoms with Gasteiger partial charge in [-0.05, 0) is 141 Å². The van der Waals surface area contributed by atoms with Crippen molar-refractivity contribution in [3.63, 3.8) is 0 Å². The van der Waals surface area contributed by atoms with E-state index in [-0.39, 0.29) is 37.5 Å². The van der Waals surface area contributed by atoms with Crippen LogP contribution in [-0.4, -0.2) is 37.2 Å². The van der Waals surface area contributed by atoms with Crippen LogP contribution in [0.5, 0.6) is 0 Å². The van der Waals surface area contributed by atoms with Crippen LogP contribution < -0.4 is 0 Å². The van der Waals surface area contributed by atoms with Crippen LogP contribution in [0.4, 0.5) is 0 Å². The molecular weight excluding hydrogens is 961 g/mol. The Hall–Kier alpha value is -4.97. The van der Waals surface area contributed by atoms with E-state index < -0.39 is 6.10 Å². The van der Waals surface area contributed by atoms with Crippen LogP contribution in [0.25, 0.3) is 0 Å². The van der Waals surface area contributed by atoms with Gasteiger partial charge in [-0.3, -0.25) is 14.4 Å². The lowest BCUT2D eigenvalue weighted by Gasteiger charge is -2.18. The first-order valence-electron chi connectivity index (χ1n) is 31.5. The maximum atomic E-state index is 12.9. The summed E-state index contributed by atoms with van der Waals surface area (Å²) in [4.78, 5) is 38.3. The lowest BCUT2D eigenvalue weighted by Crippen LogP contribution is -2.30. The van der Waals surface area contributed by atoms with Crippen molar-refractivity contribution in [2.75, 3.05) is 13.2 Å². The molecule has 0 aromatic heterocycles. The van der Waals surface area contributed by atoms with Gasteiger partial charge in [0, 0.05) is 19.3 Å². The van der Waals surface area contributed by atoms with Crippen molar-refractivity contribution in [1.82, 2.24) is 0 Å². The average molecular weight is 1080 g/mol. The van der Waals surface area contributed by atoms with Gasteiger partial charge in [0.1, 0.15) is 13.2 Å². The number of hydrogen-bond acceptors (Lipinski definition) is 6. The molecule has 0 rings (SSSR count). The molecule has 0 aromatic rings. The van der Waals surface area contributed by atoms with Crippen LogP contribution in [0.2, 0.25) is 0 Å². The molecule has 1 atom stereocenters. The summed E-state index contributed by atoms with van der Waals surface area (Å²) < 4.78 is 16.8. The lowest BCUT2D eigenvalue weighted by atomic mass is 10.1. The zero-order valence-electron chi connectivity index (χ0n) is 50.1. The number of ether oxygens (including phenoxy) is 3. The van der Waals surface area contributed by atoms with Crippen molar-refractivity contribution in [3.8, 4) is 0 Å². The van der Waals surface area contributed by atoms with Gasteiger partial charge in [-0.25, -0.2) is 0 Å². The van der Waals surface area contributed by atoms with E-state index in [1.54, 1.807) is 0 Å². The van der Waals surface area contributed by atoms with E-state index in [2.05, 4.69) is 179 Å². The fraction of sp³-hybridized carbons (Fsp3) is 0.597. The summed E-state index contributed by atoms with van der Waals surface area (Å²) in [7, 11) is 0. The van der Waals surface area contributed by atoms with Gasteiger partial charge in [-0.2, -0.15) is 0 Å². The number of allylic oxidation sites excluding steroid dienone is 26. The molecule has 6 nitrogen and oxygen atoms in total. The fourth-order valence-electron chi connectivity index (χ4n) is 8.10. The molecule has 78 heavy (non-hydrogen) atoms. The molecular formula is C72H114O6. The van der Waals surface area contributed by atoms with E-state index in [0.717, 1.165) is 141 Å². The van der Waals surface area contributed by atoms with Crippen LogP contribution in [0.1, 0.15) is 258 Å². The molecule has 0 aliphatic rings. The van der Waals surface area contributed by atoms with E-state index in [4.69, 9.17) is 14.2 Å². The third-order valence-electron chi connectivity index (χ3n) is 12.7. The first-order valence-corrected chi connectivity index (χ1v) is 31.5. The van der Waals surface area contributed by atoms with Gasteiger partial charge in [0.15, 0.2) is 6.10 Å². The molecule has 6 heteroatoms. The highest BCUT2D eigenvalue weighted by molar-refractivity contribution is 5.71. The zero-order valence-corrected chi connectivity index (χ0v) is 50.1. The normalized spacial score (nSPS) is 13.2. The first kappa shape index (κ1) is 73.0. The number of esters is 3. The van der Waals surface area contributed by atoms with E-state index in [1.807, 2.05) is 0 Å². The molecule has 0 heterocycles. The highest BCUT2D eigenvalue weighted by Crippen LogP contribution is 2.14. The lowest BCUT2D eigenvalue weighted by molar-refractivity contribution is -0.167. The standard InChI is InChI=1S/C72H114O6/c1-4-7-10-13-16-19-22-25-27-29-31-33-35-36-38-39-41-43-45-47-50-53-56-59-62-65-71(74)77-68-69(67-76-70(73)64-61-58-55-52-49-24-21-18-15-12-9-6-3)78-72(75)66-63-60-57-54-51-48-46-44-42-40-37-34-32-30-28-26-23-20-17-14-11-8-5-2/h7-8,10-11,16-21,25-28,31-34,36,38,40,42,46,48,54,57,69H,4-6,9,12-15,22-24,29-30,35,37,39,41,43-45,47,49-53,55-56,58-68H2,1-3H3/b10-7-,11-8-,19-16-,20-17-,21-18-,27-25-,28-26-,33-31-,34-32-,38-36-,42-40-,48-46-,57-54-. The summed E-state index contributed by atoms with van der Waals surface area (Å²) >= 11 is 0. The Morgan fingerprint density at radius 3 is 0.833 bits per heavy atom. The number of hydrogen-bond donors (Lipinski definition) is 0. The third-order valence-corrected chi connectivity index (χ3v) is 12.7. The molecule has 0 bridgehead atoms. The van der Waals surface area contributed by atoms with Gasteiger partial charge in [0.2, 0.25) is 0 Å². The number of rotatable bonds is 55. The molecule has 0 fully saturated rings. The Morgan fingerprint density at radius 1 is 0.269 bits per heavy atom. The van der Waals surface area contributed by atoms with Gasteiger partial charge in [-0.1, -0.05) is 256 Å². The van der Waals surface area contributed by atoms with Gasteiger partial charge in [0.25, 0.3) is 0 Å². The highest BCUT2D eigenvalue weighted by Gasteiger charge is 2.19. The van der Waals surface area contributed by atoms with Crippen LogP contribution in [0, 0.1) is 0 Å².